The summed E-state index contributed by atoms with van der Waals surface area (Å²) in [6.07, 6.45) is 13.7. The van der Waals surface area contributed by atoms with Crippen molar-refractivity contribution in [1.29, 1.82) is 0 Å². The van der Waals surface area contributed by atoms with Gasteiger partial charge in [-0.05, 0) is 132 Å². The van der Waals surface area contributed by atoms with Crippen LogP contribution in [-0.2, 0) is 14.3 Å². The van der Waals surface area contributed by atoms with Crippen molar-refractivity contribution >= 4 is 17.6 Å². The first kappa shape index (κ1) is 31.4. The number of hydrogen-bond acceptors (Lipinski definition) is 5. The van der Waals surface area contributed by atoms with Crippen LogP contribution < -0.4 is 9.64 Å². The molecule has 6 rings (SSSR count). The van der Waals surface area contributed by atoms with Gasteiger partial charge in [0.25, 0.3) is 0 Å². The zero-order valence-electron chi connectivity index (χ0n) is 27.4. The molecule has 3 aliphatic rings. The van der Waals surface area contributed by atoms with Crippen molar-refractivity contribution in [3.8, 4) is 16.9 Å². The number of nitrogens with zero attached hydrogens (tertiary/aromatic N) is 3. The second-order valence-electron chi connectivity index (χ2n) is 13.9. The van der Waals surface area contributed by atoms with E-state index in [0.717, 1.165) is 67.6 Å². The Morgan fingerprint density at radius 2 is 1.64 bits per heavy atom. The Bertz CT molecular complexity index is 1480. The quantitative estimate of drug-likeness (QED) is 0.216. The summed E-state index contributed by atoms with van der Waals surface area (Å²) in [6.45, 7) is 6.62. The smallest absolute Gasteiger partial charge is 0.309 e. The van der Waals surface area contributed by atoms with Crippen molar-refractivity contribution in [3.63, 3.8) is 0 Å². The Kier molecular flexibility index (Phi) is 9.62. The number of carbonyl (C=O) groups excluding carboxylic acids is 2. The molecule has 1 heterocycles. The van der Waals surface area contributed by atoms with Gasteiger partial charge in [-0.3, -0.25) is 14.3 Å². The van der Waals surface area contributed by atoms with Gasteiger partial charge in [0.05, 0.1) is 31.4 Å². The average molecular weight is 612 g/mol. The van der Waals surface area contributed by atoms with E-state index in [1.807, 2.05) is 20.0 Å². The van der Waals surface area contributed by atoms with Gasteiger partial charge < -0.3 is 14.4 Å². The molecule has 1 aromatic heterocycles. The third-order valence-corrected chi connectivity index (χ3v) is 10.2. The lowest BCUT2D eigenvalue weighted by molar-refractivity contribution is -0.154. The first-order valence-corrected chi connectivity index (χ1v) is 17.1. The molecule has 7 heteroatoms. The first-order chi connectivity index (χ1) is 21.8. The second-order valence-corrected chi connectivity index (χ2v) is 13.9. The summed E-state index contributed by atoms with van der Waals surface area (Å²) in [4.78, 5) is 29.0. The van der Waals surface area contributed by atoms with Gasteiger partial charge >= 0.3 is 5.97 Å². The molecular weight excluding hydrogens is 562 g/mol. The Labute approximate surface area is 268 Å². The highest BCUT2D eigenvalue weighted by Crippen LogP contribution is 2.40. The van der Waals surface area contributed by atoms with E-state index in [1.54, 1.807) is 7.11 Å². The van der Waals surface area contributed by atoms with E-state index in [0.29, 0.717) is 30.7 Å². The molecule has 2 aromatic carbocycles. The first-order valence-electron chi connectivity index (χ1n) is 17.1. The molecule has 3 aromatic rings. The summed E-state index contributed by atoms with van der Waals surface area (Å²) in [5.41, 5.74) is 5.73. The summed E-state index contributed by atoms with van der Waals surface area (Å²) in [5.74, 6) is 1.83. The highest BCUT2D eigenvalue weighted by Gasteiger charge is 2.35. The Morgan fingerprint density at radius 3 is 2.31 bits per heavy atom. The molecule has 45 heavy (non-hydrogen) atoms. The number of amides is 1. The molecule has 3 aliphatic carbocycles. The minimum Gasteiger partial charge on any atom is -0.496 e. The van der Waals surface area contributed by atoms with E-state index in [4.69, 9.17) is 9.47 Å². The van der Waals surface area contributed by atoms with Crippen molar-refractivity contribution < 1.29 is 19.1 Å². The van der Waals surface area contributed by atoms with Gasteiger partial charge in [-0.1, -0.05) is 24.3 Å². The number of aromatic nitrogens is 2. The Morgan fingerprint density at radius 1 is 0.911 bits per heavy atom. The van der Waals surface area contributed by atoms with Crippen LogP contribution in [0.2, 0.25) is 0 Å². The van der Waals surface area contributed by atoms with Crippen LogP contribution in [-0.4, -0.2) is 41.4 Å². The minimum atomic E-state index is -0.115. The zero-order chi connectivity index (χ0) is 31.5. The van der Waals surface area contributed by atoms with E-state index in [2.05, 4.69) is 70.3 Å². The number of benzene rings is 2. The summed E-state index contributed by atoms with van der Waals surface area (Å²) < 4.78 is 13.1. The summed E-state index contributed by atoms with van der Waals surface area (Å²) in [6, 6.07) is 15.6. The van der Waals surface area contributed by atoms with Gasteiger partial charge in [0.2, 0.25) is 5.91 Å². The highest BCUT2D eigenvalue weighted by molar-refractivity contribution is 5.96. The van der Waals surface area contributed by atoms with E-state index in [-0.39, 0.29) is 29.8 Å². The third kappa shape index (κ3) is 7.45. The van der Waals surface area contributed by atoms with Gasteiger partial charge in [0.15, 0.2) is 0 Å². The number of esters is 1. The minimum absolute atomic E-state index is 0.0759. The molecule has 0 aliphatic heterocycles. The van der Waals surface area contributed by atoms with Gasteiger partial charge in [0, 0.05) is 29.9 Å². The maximum absolute atomic E-state index is 14.3. The van der Waals surface area contributed by atoms with E-state index in [9.17, 15) is 9.59 Å². The summed E-state index contributed by atoms with van der Waals surface area (Å²) in [5, 5.41) is 4.61. The monoisotopic (exact) mass is 611 g/mol. The van der Waals surface area contributed by atoms with Crippen LogP contribution in [0.15, 0.2) is 54.9 Å². The molecule has 3 fully saturated rings. The second kappa shape index (κ2) is 13.8. The van der Waals surface area contributed by atoms with E-state index < -0.39 is 0 Å². The van der Waals surface area contributed by atoms with Crippen LogP contribution in [0.5, 0.6) is 5.75 Å². The Balaban J connectivity index is 1.17. The van der Waals surface area contributed by atoms with Crippen LogP contribution in [0.25, 0.3) is 11.1 Å². The van der Waals surface area contributed by atoms with Crippen molar-refractivity contribution in [3.05, 3.63) is 66.0 Å². The lowest BCUT2D eigenvalue weighted by Crippen LogP contribution is -2.42. The fourth-order valence-corrected chi connectivity index (χ4v) is 7.42. The van der Waals surface area contributed by atoms with Gasteiger partial charge in [-0.15, -0.1) is 0 Å². The maximum atomic E-state index is 14.3. The van der Waals surface area contributed by atoms with E-state index >= 15 is 0 Å². The summed E-state index contributed by atoms with van der Waals surface area (Å²) >= 11 is 0. The maximum Gasteiger partial charge on any atom is 0.309 e. The molecule has 0 saturated heterocycles. The summed E-state index contributed by atoms with van der Waals surface area (Å²) in [7, 11) is 1.73. The number of rotatable bonds is 10. The predicted octanol–water partition coefficient (Wildman–Crippen LogP) is 8.27. The molecule has 0 unspecified atom stereocenters. The number of methoxy groups -OCH3 is 1. The molecule has 0 bridgehead atoms. The van der Waals surface area contributed by atoms with Crippen molar-refractivity contribution in [2.75, 3.05) is 18.6 Å². The van der Waals surface area contributed by atoms with Gasteiger partial charge in [-0.2, -0.15) is 5.10 Å². The standard InChI is InChI=1S/C38H49N3O4/c1-25(2)45-38(43)30-14-12-29(13-15-30)37(42)40(35-7-5-6-31(21-35)33-22-39-41(24-33)34-17-18-34)23-27-8-10-28(11-9-27)32-16-19-36(44-4)26(3)20-32/h5-7,16,19-22,24-25,27-30,34H,8-15,17-18,23H2,1-4H3. The lowest BCUT2D eigenvalue weighted by atomic mass is 9.77. The topological polar surface area (TPSA) is 73.7 Å². The molecule has 0 spiro atoms. The number of carbonyl (C=O) groups is 2. The molecule has 0 radical (unpaired) electrons. The van der Waals surface area contributed by atoms with Crippen molar-refractivity contribution in [2.24, 2.45) is 17.8 Å². The fraction of sp³-hybridized carbons (Fsp3) is 0.553. The molecule has 3 saturated carbocycles. The number of aryl methyl sites for hydroxylation is 1. The number of anilines is 1. The van der Waals surface area contributed by atoms with Crippen LogP contribution in [0, 0.1) is 24.7 Å². The molecule has 7 nitrogen and oxygen atoms in total. The molecule has 1 amide bonds. The zero-order valence-corrected chi connectivity index (χ0v) is 27.4. The van der Waals surface area contributed by atoms with Crippen molar-refractivity contribution in [2.45, 2.75) is 103 Å². The van der Waals surface area contributed by atoms with Crippen molar-refractivity contribution in [1.82, 2.24) is 9.78 Å². The van der Waals surface area contributed by atoms with Gasteiger partial charge in [0.1, 0.15) is 5.75 Å². The molecular formula is C38H49N3O4. The average Bonchev–Trinajstić information content (AvgIpc) is 3.79. The van der Waals surface area contributed by atoms with E-state index in [1.165, 1.54) is 24.0 Å². The Hall–Kier alpha value is -3.61. The molecule has 240 valence electrons. The normalized spacial score (nSPS) is 23.5. The lowest BCUT2D eigenvalue weighted by Gasteiger charge is -2.36. The van der Waals surface area contributed by atoms with Gasteiger partial charge in [-0.25, -0.2) is 0 Å². The molecule has 0 N–H and O–H groups in total. The largest absolute Gasteiger partial charge is 0.496 e. The van der Waals surface area contributed by atoms with Crippen LogP contribution in [0.1, 0.15) is 101 Å². The van der Waals surface area contributed by atoms with Crippen LogP contribution >= 0.6 is 0 Å². The molecule has 0 atom stereocenters. The highest BCUT2D eigenvalue weighted by atomic mass is 16.5. The third-order valence-electron chi connectivity index (χ3n) is 10.2. The number of ether oxygens (including phenoxy) is 2. The SMILES string of the molecule is COc1ccc(C2CCC(CN(C(=O)C3CCC(C(=O)OC(C)C)CC3)c3cccc(-c4cnn(C5CC5)c4)c3)CC2)cc1C. The fourth-order valence-electron chi connectivity index (χ4n) is 7.42. The number of hydrogen-bond donors (Lipinski definition) is 0. The van der Waals surface area contributed by atoms with Crippen LogP contribution in [0.4, 0.5) is 5.69 Å². The predicted molar refractivity (Wildman–Crippen MR) is 177 cm³/mol. The van der Waals surface area contributed by atoms with Crippen LogP contribution in [0.3, 0.4) is 0 Å².